The molecule has 0 saturated heterocycles. The molecule has 0 atom stereocenters. The molecule has 1 aliphatic carbocycles. The molecule has 0 heterocycles. The van der Waals surface area contributed by atoms with Gasteiger partial charge in [-0.05, 0) is 42.9 Å². The van der Waals surface area contributed by atoms with E-state index in [1.165, 1.54) is 4.90 Å². The first-order valence-corrected chi connectivity index (χ1v) is 9.48. The molecular formula is C20H23NO2S. The van der Waals surface area contributed by atoms with Gasteiger partial charge in [-0.25, -0.2) is 0 Å². The fourth-order valence-corrected chi connectivity index (χ4v) is 3.25. The summed E-state index contributed by atoms with van der Waals surface area (Å²) >= 11 is 1.71. The Hall–Kier alpha value is -1.94. The van der Waals surface area contributed by atoms with Gasteiger partial charge >= 0.3 is 0 Å². The molecule has 1 aliphatic rings. The van der Waals surface area contributed by atoms with Crippen molar-refractivity contribution in [2.24, 2.45) is 0 Å². The standard InChI is InChI=1S/C20H23NO2S/c1-23-19-6-4-3-5-16(19)14-21(17-9-10-17)20(22)13-15-7-11-18(24-2)12-8-15/h3-8,11-12,17H,9-10,13-14H2,1-2H3. The second-order valence-corrected chi connectivity index (χ2v) is 6.97. The Morgan fingerprint density at radius 2 is 1.88 bits per heavy atom. The number of benzene rings is 2. The molecule has 1 saturated carbocycles. The van der Waals surface area contributed by atoms with Crippen molar-refractivity contribution < 1.29 is 9.53 Å². The maximum absolute atomic E-state index is 12.8. The van der Waals surface area contributed by atoms with Gasteiger partial charge in [-0.1, -0.05) is 30.3 Å². The van der Waals surface area contributed by atoms with Crippen molar-refractivity contribution >= 4 is 17.7 Å². The zero-order valence-corrected chi connectivity index (χ0v) is 15.0. The minimum Gasteiger partial charge on any atom is -0.496 e. The predicted molar refractivity (Wildman–Crippen MR) is 98.5 cm³/mol. The van der Waals surface area contributed by atoms with Crippen molar-refractivity contribution in [3.05, 3.63) is 59.7 Å². The molecule has 0 aliphatic heterocycles. The minimum atomic E-state index is 0.195. The number of nitrogens with zero attached hydrogens (tertiary/aromatic N) is 1. The molecule has 126 valence electrons. The zero-order valence-electron chi connectivity index (χ0n) is 14.2. The molecule has 0 aromatic heterocycles. The molecule has 24 heavy (non-hydrogen) atoms. The lowest BCUT2D eigenvalue weighted by Crippen LogP contribution is -2.33. The number of methoxy groups -OCH3 is 1. The van der Waals surface area contributed by atoms with Crippen molar-refractivity contribution in [3.63, 3.8) is 0 Å². The summed E-state index contributed by atoms with van der Waals surface area (Å²) in [4.78, 5) is 16.1. The minimum absolute atomic E-state index is 0.195. The Morgan fingerprint density at radius 3 is 2.50 bits per heavy atom. The van der Waals surface area contributed by atoms with Gasteiger partial charge in [0.2, 0.25) is 5.91 Å². The van der Waals surface area contributed by atoms with Gasteiger partial charge in [-0.2, -0.15) is 0 Å². The highest BCUT2D eigenvalue weighted by Gasteiger charge is 2.32. The lowest BCUT2D eigenvalue weighted by Gasteiger charge is -2.23. The zero-order chi connectivity index (χ0) is 16.9. The summed E-state index contributed by atoms with van der Waals surface area (Å²) in [6.45, 7) is 0.621. The van der Waals surface area contributed by atoms with Crippen LogP contribution in [0.5, 0.6) is 5.75 Å². The van der Waals surface area contributed by atoms with Gasteiger partial charge in [-0.15, -0.1) is 11.8 Å². The Kier molecular flexibility index (Phi) is 5.46. The largest absolute Gasteiger partial charge is 0.496 e. The average Bonchev–Trinajstić information content (AvgIpc) is 3.45. The Bertz CT molecular complexity index is 695. The number of amides is 1. The van der Waals surface area contributed by atoms with E-state index in [4.69, 9.17) is 4.74 Å². The number of ether oxygens (including phenoxy) is 1. The van der Waals surface area contributed by atoms with Crippen LogP contribution in [0.3, 0.4) is 0 Å². The van der Waals surface area contributed by atoms with Crippen LogP contribution in [0.2, 0.25) is 0 Å². The monoisotopic (exact) mass is 341 g/mol. The van der Waals surface area contributed by atoms with Gasteiger partial charge in [0.15, 0.2) is 0 Å². The number of para-hydroxylation sites is 1. The summed E-state index contributed by atoms with van der Waals surface area (Å²) in [7, 11) is 1.68. The molecule has 1 fully saturated rings. The van der Waals surface area contributed by atoms with E-state index in [2.05, 4.69) is 30.5 Å². The summed E-state index contributed by atoms with van der Waals surface area (Å²) in [5.74, 6) is 1.04. The first-order valence-electron chi connectivity index (χ1n) is 8.25. The molecule has 0 N–H and O–H groups in total. The summed E-state index contributed by atoms with van der Waals surface area (Å²) < 4.78 is 5.43. The van der Waals surface area contributed by atoms with Gasteiger partial charge < -0.3 is 9.64 Å². The Balaban J connectivity index is 1.71. The van der Waals surface area contributed by atoms with E-state index < -0.39 is 0 Å². The van der Waals surface area contributed by atoms with Crippen LogP contribution < -0.4 is 4.74 Å². The molecular weight excluding hydrogens is 318 g/mol. The molecule has 3 rings (SSSR count). The quantitative estimate of drug-likeness (QED) is 0.709. The van der Waals surface area contributed by atoms with Gasteiger partial charge in [0.25, 0.3) is 0 Å². The molecule has 0 unspecified atom stereocenters. The van der Waals surface area contributed by atoms with Gasteiger partial charge in [0.05, 0.1) is 13.5 Å². The number of hydrogen-bond acceptors (Lipinski definition) is 3. The summed E-state index contributed by atoms with van der Waals surface area (Å²) in [6, 6.07) is 16.6. The highest BCUT2D eigenvalue weighted by atomic mass is 32.2. The van der Waals surface area contributed by atoms with Crippen LogP contribution in [0.1, 0.15) is 24.0 Å². The Labute approximate surface area is 148 Å². The molecule has 0 spiro atoms. The average molecular weight is 341 g/mol. The van der Waals surface area contributed by atoms with E-state index in [-0.39, 0.29) is 5.91 Å². The number of rotatable bonds is 7. The SMILES string of the molecule is COc1ccccc1CN(C(=O)Cc1ccc(SC)cc1)C1CC1. The van der Waals surface area contributed by atoms with Crippen LogP contribution in [0.25, 0.3) is 0 Å². The van der Waals surface area contributed by atoms with E-state index in [1.54, 1.807) is 18.9 Å². The lowest BCUT2D eigenvalue weighted by atomic mass is 10.1. The summed E-state index contributed by atoms with van der Waals surface area (Å²) in [6.07, 6.45) is 4.72. The normalized spacial score (nSPS) is 13.6. The van der Waals surface area contributed by atoms with Crippen molar-refractivity contribution in [1.82, 2.24) is 4.90 Å². The third-order valence-corrected chi connectivity index (χ3v) is 5.10. The van der Waals surface area contributed by atoms with Crippen molar-refractivity contribution in [1.29, 1.82) is 0 Å². The van der Waals surface area contributed by atoms with Crippen LogP contribution in [0.15, 0.2) is 53.4 Å². The predicted octanol–water partition coefficient (Wildman–Crippen LogP) is 4.15. The van der Waals surface area contributed by atoms with Gasteiger partial charge in [-0.3, -0.25) is 4.79 Å². The molecule has 0 radical (unpaired) electrons. The molecule has 2 aromatic rings. The third kappa shape index (κ3) is 4.12. The third-order valence-electron chi connectivity index (χ3n) is 4.36. The molecule has 4 heteroatoms. The summed E-state index contributed by atoms with van der Waals surface area (Å²) in [5, 5.41) is 0. The van der Waals surface area contributed by atoms with E-state index in [9.17, 15) is 4.79 Å². The maximum atomic E-state index is 12.8. The smallest absolute Gasteiger partial charge is 0.227 e. The highest BCUT2D eigenvalue weighted by molar-refractivity contribution is 7.98. The first kappa shape index (κ1) is 16.9. The highest BCUT2D eigenvalue weighted by Crippen LogP contribution is 2.31. The summed E-state index contributed by atoms with van der Waals surface area (Å²) in [5.41, 5.74) is 2.14. The van der Waals surface area contributed by atoms with Crippen LogP contribution >= 0.6 is 11.8 Å². The number of thioether (sulfide) groups is 1. The van der Waals surface area contributed by atoms with E-state index in [0.717, 1.165) is 29.7 Å². The van der Waals surface area contributed by atoms with Crippen LogP contribution in [0.4, 0.5) is 0 Å². The van der Waals surface area contributed by atoms with Crippen LogP contribution in [0, 0.1) is 0 Å². The number of carbonyl (C=O) groups excluding carboxylic acids is 1. The van der Waals surface area contributed by atoms with Crippen LogP contribution in [-0.4, -0.2) is 30.2 Å². The van der Waals surface area contributed by atoms with Crippen molar-refractivity contribution in [3.8, 4) is 5.75 Å². The maximum Gasteiger partial charge on any atom is 0.227 e. The van der Waals surface area contributed by atoms with E-state index in [0.29, 0.717) is 19.0 Å². The first-order chi connectivity index (χ1) is 11.7. The molecule has 3 nitrogen and oxygen atoms in total. The van der Waals surface area contributed by atoms with Gasteiger partial charge in [0.1, 0.15) is 5.75 Å². The second kappa shape index (κ2) is 7.75. The number of hydrogen-bond donors (Lipinski definition) is 0. The topological polar surface area (TPSA) is 29.5 Å². The van der Waals surface area contributed by atoms with Crippen molar-refractivity contribution in [2.45, 2.75) is 36.7 Å². The molecule has 2 aromatic carbocycles. The molecule has 1 amide bonds. The lowest BCUT2D eigenvalue weighted by molar-refractivity contribution is -0.131. The fourth-order valence-electron chi connectivity index (χ4n) is 2.84. The van der Waals surface area contributed by atoms with Gasteiger partial charge in [0, 0.05) is 23.0 Å². The Morgan fingerprint density at radius 1 is 1.17 bits per heavy atom. The molecule has 0 bridgehead atoms. The van der Waals surface area contributed by atoms with E-state index >= 15 is 0 Å². The van der Waals surface area contributed by atoms with Crippen LogP contribution in [-0.2, 0) is 17.8 Å². The fraction of sp³-hybridized carbons (Fsp3) is 0.350. The van der Waals surface area contributed by atoms with Crippen molar-refractivity contribution in [2.75, 3.05) is 13.4 Å². The van der Waals surface area contributed by atoms with E-state index in [1.807, 2.05) is 29.2 Å². The number of carbonyl (C=O) groups is 1. The second-order valence-electron chi connectivity index (χ2n) is 6.09.